The molecule has 3 rings (SSSR count). The van der Waals surface area contributed by atoms with Crippen LogP contribution >= 0.6 is 0 Å². The van der Waals surface area contributed by atoms with E-state index >= 15 is 0 Å². The maximum atomic E-state index is 12.6. The Morgan fingerprint density at radius 2 is 1.77 bits per heavy atom. The molecule has 0 aliphatic rings. The fourth-order valence-corrected chi connectivity index (χ4v) is 2.93. The van der Waals surface area contributed by atoms with Gasteiger partial charge in [0.05, 0.1) is 17.4 Å². The summed E-state index contributed by atoms with van der Waals surface area (Å²) < 4.78 is 0. The molecule has 0 aliphatic carbocycles. The summed E-state index contributed by atoms with van der Waals surface area (Å²) in [5, 5.41) is 0.558. The third-order valence-electron chi connectivity index (χ3n) is 4.32. The number of para-hydroxylation sites is 1. The first-order valence-corrected chi connectivity index (χ1v) is 8.85. The Morgan fingerprint density at radius 1 is 1.08 bits per heavy atom. The van der Waals surface area contributed by atoms with E-state index in [0.717, 1.165) is 6.42 Å². The molecule has 1 N–H and O–H groups in total. The number of hydrogen-bond acceptors (Lipinski definition) is 3. The molecule has 134 valence electrons. The number of carbonyl (C=O) groups is 1. The number of benzene rings is 2. The molecule has 1 aromatic heterocycles. The molecule has 3 aromatic rings. The zero-order valence-electron chi connectivity index (χ0n) is 15.1. The number of aromatic nitrogens is 2. The lowest BCUT2D eigenvalue weighted by Gasteiger charge is -2.24. The summed E-state index contributed by atoms with van der Waals surface area (Å²) in [6.07, 6.45) is 0.761. The Bertz CT molecular complexity index is 948. The van der Waals surface area contributed by atoms with E-state index in [0.29, 0.717) is 29.8 Å². The highest BCUT2D eigenvalue weighted by atomic mass is 16.2. The van der Waals surface area contributed by atoms with E-state index in [2.05, 4.69) is 9.97 Å². The van der Waals surface area contributed by atoms with Crippen LogP contribution < -0.4 is 5.56 Å². The standard InChI is InChI=1S/C21H23N3O2/c1-15(2)21(26)24(13-12-16-8-4-3-5-9-16)14-19-22-18-11-7-6-10-17(18)20(25)23-19/h3-11,15H,12-14H2,1-2H3,(H,22,23,25). The zero-order valence-corrected chi connectivity index (χ0v) is 15.1. The van der Waals surface area contributed by atoms with E-state index in [1.807, 2.05) is 62.4 Å². The van der Waals surface area contributed by atoms with Gasteiger partial charge in [0.15, 0.2) is 0 Å². The molecule has 0 bridgehead atoms. The van der Waals surface area contributed by atoms with Crippen molar-refractivity contribution in [3.63, 3.8) is 0 Å². The number of amides is 1. The lowest BCUT2D eigenvalue weighted by Crippen LogP contribution is -2.36. The van der Waals surface area contributed by atoms with Crippen LogP contribution in [-0.2, 0) is 17.8 Å². The quantitative estimate of drug-likeness (QED) is 0.743. The summed E-state index contributed by atoms with van der Waals surface area (Å²) in [7, 11) is 0. The van der Waals surface area contributed by atoms with Crippen molar-refractivity contribution in [3.8, 4) is 0 Å². The lowest BCUT2D eigenvalue weighted by molar-refractivity contribution is -0.135. The molecule has 0 saturated carbocycles. The molecule has 0 spiro atoms. The van der Waals surface area contributed by atoms with Gasteiger partial charge in [-0.3, -0.25) is 9.59 Å². The second kappa shape index (κ2) is 7.95. The van der Waals surface area contributed by atoms with Crippen LogP contribution in [0.25, 0.3) is 10.9 Å². The van der Waals surface area contributed by atoms with Gasteiger partial charge in [-0.1, -0.05) is 56.3 Å². The summed E-state index contributed by atoms with van der Waals surface area (Å²) in [5.74, 6) is 0.449. The topological polar surface area (TPSA) is 66.1 Å². The number of fused-ring (bicyclic) bond motifs is 1. The highest BCUT2D eigenvalue weighted by molar-refractivity contribution is 5.78. The van der Waals surface area contributed by atoms with Gasteiger partial charge in [0.1, 0.15) is 5.82 Å². The zero-order chi connectivity index (χ0) is 18.5. The largest absolute Gasteiger partial charge is 0.335 e. The fourth-order valence-electron chi connectivity index (χ4n) is 2.93. The van der Waals surface area contributed by atoms with Crippen molar-refractivity contribution in [2.75, 3.05) is 6.54 Å². The second-order valence-electron chi connectivity index (χ2n) is 6.68. The maximum Gasteiger partial charge on any atom is 0.258 e. The Balaban J connectivity index is 1.83. The van der Waals surface area contributed by atoms with Crippen LogP contribution in [0.3, 0.4) is 0 Å². The molecule has 2 aromatic carbocycles. The van der Waals surface area contributed by atoms with E-state index in [4.69, 9.17) is 0 Å². The molecule has 26 heavy (non-hydrogen) atoms. The molecule has 5 heteroatoms. The Morgan fingerprint density at radius 3 is 2.50 bits per heavy atom. The smallest absolute Gasteiger partial charge is 0.258 e. The van der Waals surface area contributed by atoms with Crippen molar-refractivity contribution in [2.45, 2.75) is 26.8 Å². The van der Waals surface area contributed by atoms with Gasteiger partial charge < -0.3 is 9.88 Å². The normalized spacial score (nSPS) is 11.0. The molecule has 0 saturated heterocycles. The van der Waals surface area contributed by atoms with E-state index in [1.165, 1.54) is 5.56 Å². The van der Waals surface area contributed by atoms with Crippen LogP contribution in [-0.4, -0.2) is 27.3 Å². The Kier molecular flexibility index (Phi) is 5.46. The van der Waals surface area contributed by atoms with Crippen molar-refractivity contribution in [1.29, 1.82) is 0 Å². The number of nitrogens with zero attached hydrogens (tertiary/aromatic N) is 2. The highest BCUT2D eigenvalue weighted by Gasteiger charge is 2.18. The molecule has 0 atom stereocenters. The molecule has 0 unspecified atom stereocenters. The molecule has 0 fully saturated rings. The minimum absolute atomic E-state index is 0.0525. The van der Waals surface area contributed by atoms with Gasteiger partial charge in [-0.2, -0.15) is 0 Å². The first kappa shape index (κ1) is 17.9. The second-order valence-corrected chi connectivity index (χ2v) is 6.68. The third-order valence-corrected chi connectivity index (χ3v) is 4.32. The number of rotatable bonds is 6. The van der Waals surface area contributed by atoms with E-state index in [9.17, 15) is 9.59 Å². The summed E-state index contributed by atoms with van der Waals surface area (Å²) in [4.78, 5) is 34.0. The minimum atomic E-state index is -0.175. The number of aromatic amines is 1. The van der Waals surface area contributed by atoms with Crippen LogP contribution in [0.2, 0.25) is 0 Å². The van der Waals surface area contributed by atoms with Crippen molar-refractivity contribution in [3.05, 3.63) is 76.3 Å². The maximum absolute atomic E-state index is 12.6. The van der Waals surface area contributed by atoms with Gasteiger partial charge in [-0.05, 0) is 24.1 Å². The number of H-pyrrole nitrogens is 1. The molecule has 0 aliphatic heterocycles. The average Bonchev–Trinajstić information content (AvgIpc) is 2.65. The first-order valence-electron chi connectivity index (χ1n) is 8.85. The van der Waals surface area contributed by atoms with Crippen molar-refractivity contribution in [1.82, 2.24) is 14.9 Å². The molecular weight excluding hydrogens is 326 g/mol. The first-order chi connectivity index (χ1) is 12.5. The summed E-state index contributed by atoms with van der Waals surface area (Å²) in [6.45, 7) is 4.64. The highest BCUT2D eigenvalue weighted by Crippen LogP contribution is 2.11. The van der Waals surface area contributed by atoms with Gasteiger partial charge in [-0.25, -0.2) is 4.98 Å². The van der Waals surface area contributed by atoms with Gasteiger partial charge >= 0.3 is 0 Å². The number of hydrogen-bond donors (Lipinski definition) is 1. The van der Waals surface area contributed by atoms with Gasteiger partial charge in [0.2, 0.25) is 5.91 Å². The van der Waals surface area contributed by atoms with Crippen LogP contribution in [0, 0.1) is 5.92 Å². The van der Waals surface area contributed by atoms with E-state index in [-0.39, 0.29) is 17.4 Å². The van der Waals surface area contributed by atoms with E-state index in [1.54, 1.807) is 11.0 Å². The SMILES string of the molecule is CC(C)C(=O)N(CCc1ccccc1)Cc1nc2ccccc2c(=O)[nH]1. The van der Waals surface area contributed by atoms with E-state index < -0.39 is 0 Å². The van der Waals surface area contributed by atoms with Gasteiger partial charge in [-0.15, -0.1) is 0 Å². The summed E-state index contributed by atoms with van der Waals surface area (Å²) >= 11 is 0. The summed E-state index contributed by atoms with van der Waals surface area (Å²) in [5.41, 5.74) is 1.64. The average molecular weight is 349 g/mol. The predicted molar refractivity (Wildman–Crippen MR) is 103 cm³/mol. The van der Waals surface area contributed by atoms with Crippen LogP contribution in [0.5, 0.6) is 0 Å². The Labute approximate surface area is 152 Å². The molecule has 1 amide bonds. The van der Waals surface area contributed by atoms with Crippen molar-refractivity contribution < 1.29 is 4.79 Å². The molecule has 5 nitrogen and oxygen atoms in total. The third kappa shape index (κ3) is 4.17. The van der Waals surface area contributed by atoms with Crippen molar-refractivity contribution >= 4 is 16.8 Å². The molecule has 1 heterocycles. The van der Waals surface area contributed by atoms with Crippen molar-refractivity contribution in [2.24, 2.45) is 5.92 Å². The predicted octanol–water partition coefficient (Wildman–Crippen LogP) is 3.15. The van der Waals surface area contributed by atoms with Gasteiger partial charge in [0, 0.05) is 12.5 Å². The van der Waals surface area contributed by atoms with Gasteiger partial charge in [0.25, 0.3) is 5.56 Å². The number of carbonyl (C=O) groups excluding carboxylic acids is 1. The minimum Gasteiger partial charge on any atom is -0.335 e. The molecule has 0 radical (unpaired) electrons. The van der Waals surface area contributed by atoms with Crippen LogP contribution in [0.1, 0.15) is 25.2 Å². The molecular formula is C21H23N3O2. The van der Waals surface area contributed by atoms with Crippen LogP contribution in [0.4, 0.5) is 0 Å². The number of nitrogens with one attached hydrogen (secondary N) is 1. The lowest BCUT2D eigenvalue weighted by atomic mass is 10.1. The van der Waals surface area contributed by atoms with Crippen LogP contribution in [0.15, 0.2) is 59.4 Å². The fraction of sp³-hybridized carbons (Fsp3) is 0.286. The summed E-state index contributed by atoms with van der Waals surface area (Å²) in [6, 6.07) is 17.3. The monoisotopic (exact) mass is 349 g/mol. The Hall–Kier alpha value is -2.95.